The summed E-state index contributed by atoms with van der Waals surface area (Å²) in [5.41, 5.74) is 6.91. The smallest absolute Gasteiger partial charge is 0.282 e. The normalized spacial score (nSPS) is 30.8. The van der Waals surface area contributed by atoms with Gasteiger partial charge in [0.1, 0.15) is 4.47 Å². The number of piperidine rings is 1. The van der Waals surface area contributed by atoms with E-state index < -0.39 is 0 Å². The number of halogens is 1. The molecule has 5 nitrogen and oxygen atoms in total. The fraction of sp³-hybridized carbons (Fsp3) is 0.667. The minimum absolute atomic E-state index is 0.0817. The summed E-state index contributed by atoms with van der Waals surface area (Å²) < 4.78 is 1.97. The average molecular weight is 313 g/mol. The summed E-state index contributed by atoms with van der Waals surface area (Å²) in [6.07, 6.45) is 6.14. The van der Waals surface area contributed by atoms with E-state index in [9.17, 15) is 4.79 Å². The number of aryl methyl sites for hydroxylation is 1. The van der Waals surface area contributed by atoms with Crippen LogP contribution >= 0.6 is 15.9 Å². The minimum Gasteiger partial charge on any atom is -0.363 e. The molecule has 1 aromatic rings. The van der Waals surface area contributed by atoms with E-state index in [0.717, 1.165) is 18.5 Å². The van der Waals surface area contributed by atoms with Crippen molar-refractivity contribution in [1.82, 2.24) is 9.78 Å². The number of nitrogens with two attached hydrogens (primary N) is 1. The van der Waals surface area contributed by atoms with E-state index in [0.29, 0.717) is 22.6 Å². The van der Waals surface area contributed by atoms with E-state index in [-0.39, 0.29) is 5.56 Å². The summed E-state index contributed by atoms with van der Waals surface area (Å²) in [5, 5.41) is 4.13. The second-order valence-corrected chi connectivity index (χ2v) is 6.09. The van der Waals surface area contributed by atoms with Crippen molar-refractivity contribution < 1.29 is 0 Å². The van der Waals surface area contributed by atoms with Gasteiger partial charge in [0.2, 0.25) is 0 Å². The predicted octanol–water partition coefficient (Wildman–Crippen LogP) is 1.00. The Hall–Kier alpha value is -0.880. The maximum Gasteiger partial charge on any atom is 0.282 e. The zero-order chi connectivity index (χ0) is 12.9. The van der Waals surface area contributed by atoms with Crippen LogP contribution in [0.3, 0.4) is 0 Å². The van der Waals surface area contributed by atoms with Crippen LogP contribution in [0.2, 0.25) is 0 Å². The van der Waals surface area contributed by atoms with Crippen molar-refractivity contribution >= 4 is 21.6 Å². The van der Waals surface area contributed by atoms with Crippen LogP contribution in [0.15, 0.2) is 15.5 Å². The fourth-order valence-electron chi connectivity index (χ4n) is 3.29. The molecule has 0 aliphatic carbocycles. The summed E-state index contributed by atoms with van der Waals surface area (Å²) in [4.78, 5) is 14.3. The molecule has 0 aromatic carbocycles. The summed E-state index contributed by atoms with van der Waals surface area (Å²) in [6.45, 7) is 0. The lowest BCUT2D eigenvalue weighted by molar-refractivity contribution is 0.413. The van der Waals surface area contributed by atoms with E-state index in [2.05, 4.69) is 25.9 Å². The molecule has 0 amide bonds. The molecule has 2 atom stereocenters. The van der Waals surface area contributed by atoms with Gasteiger partial charge in [-0.1, -0.05) is 0 Å². The van der Waals surface area contributed by atoms with Gasteiger partial charge in [-0.15, -0.1) is 0 Å². The Labute approximate surface area is 114 Å². The third kappa shape index (κ3) is 1.78. The van der Waals surface area contributed by atoms with Crippen molar-refractivity contribution in [2.24, 2.45) is 12.8 Å². The van der Waals surface area contributed by atoms with Crippen molar-refractivity contribution in [3.63, 3.8) is 0 Å². The van der Waals surface area contributed by atoms with E-state index in [4.69, 9.17) is 5.73 Å². The topological polar surface area (TPSA) is 64.2 Å². The standard InChI is InChI=1S/C12H17BrN4O/c1-16-12(18)11(13)10(6-15-16)17-8-2-3-9(17)5-7(14)4-8/h6-9H,2-5,14H2,1H3. The van der Waals surface area contributed by atoms with Crippen molar-refractivity contribution in [3.05, 3.63) is 21.0 Å². The van der Waals surface area contributed by atoms with E-state index in [1.54, 1.807) is 13.2 Å². The average Bonchev–Trinajstić information content (AvgIpc) is 2.59. The van der Waals surface area contributed by atoms with Crippen LogP contribution in [0.4, 0.5) is 5.69 Å². The molecule has 2 aliphatic rings. The molecule has 3 rings (SSSR count). The molecule has 6 heteroatoms. The third-order valence-electron chi connectivity index (χ3n) is 4.11. The van der Waals surface area contributed by atoms with Crippen molar-refractivity contribution in [2.75, 3.05) is 4.90 Å². The lowest BCUT2D eigenvalue weighted by Crippen LogP contribution is -2.48. The zero-order valence-corrected chi connectivity index (χ0v) is 11.9. The maximum atomic E-state index is 11.9. The quantitative estimate of drug-likeness (QED) is 0.840. The molecule has 2 fully saturated rings. The fourth-order valence-corrected chi connectivity index (χ4v) is 3.86. The SMILES string of the molecule is Cn1ncc(N2C3CCC2CC(N)C3)c(Br)c1=O. The number of hydrogen-bond acceptors (Lipinski definition) is 4. The Balaban J connectivity index is 2.02. The number of fused-ring (bicyclic) bond motifs is 2. The highest BCUT2D eigenvalue weighted by atomic mass is 79.9. The molecule has 2 aliphatic heterocycles. The molecule has 0 radical (unpaired) electrons. The Kier molecular flexibility index (Phi) is 2.94. The van der Waals surface area contributed by atoms with Crippen LogP contribution < -0.4 is 16.2 Å². The van der Waals surface area contributed by atoms with Gasteiger partial charge < -0.3 is 10.6 Å². The van der Waals surface area contributed by atoms with Crippen molar-refractivity contribution in [1.29, 1.82) is 0 Å². The molecule has 2 bridgehead atoms. The monoisotopic (exact) mass is 312 g/mol. The number of anilines is 1. The molecule has 2 saturated heterocycles. The Bertz CT molecular complexity index is 515. The Morgan fingerprint density at radius 1 is 1.39 bits per heavy atom. The summed E-state index contributed by atoms with van der Waals surface area (Å²) in [6, 6.07) is 1.23. The van der Waals surface area contributed by atoms with Crippen LogP contribution in [0, 0.1) is 0 Å². The van der Waals surface area contributed by atoms with Crippen molar-refractivity contribution in [3.8, 4) is 0 Å². The molecular weight excluding hydrogens is 296 g/mol. The first-order valence-electron chi connectivity index (χ1n) is 6.33. The number of rotatable bonds is 1. The van der Waals surface area contributed by atoms with Gasteiger partial charge in [0.25, 0.3) is 5.56 Å². The zero-order valence-electron chi connectivity index (χ0n) is 10.3. The van der Waals surface area contributed by atoms with Gasteiger partial charge in [0.05, 0.1) is 11.9 Å². The van der Waals surface area contributed by atoms with Gasteiger partial charge in [-0.2, -0.15) is 5.10 Å². The molecule has 98 valence electrons. The van der Waals surface area contributed by atoms with Gasteiger partial charge in [-0.3, -0.25) is 4.79 Å². The molecule has 0 saturated carbocycles. The number of nitrogens with zero attached hydrogens (tertiary/aromatic N) is 3. The minimum atomic E-state index is -0.0817. The Morgan fingerprint density at radius 2 is 2.00 bits per heavy atom. The van der Waals surface area contributed by atoms with Gasteiger partial charge in [-0.25, -0.2) is 4.68 Å². The predicted molar refractivity (Wildman–Crippen MR) is 73.7 cm³/mol. The second kappa shape index (κ2) is 4.35. The lowest BCUT2D eigenvalue weighted by atomic mass is 9.98. The first kappa shape index (κ1) is 12.2. The first-order valence-corrected chi connectivity index (χ1v) is 7.13. The molecule has 0 spiro atoms. The molecule has 2 unspecified atom stereocenters. The summed E-state index contributed by atoms with van der Waals surface area (Å²) in [7, 11) is 1.66. The third-order valence-corrected chi connectivity index (χ3v) is 4.85. The van der Waals surface area contributed by atoms with Crippen LogP contribution in [0.25, 0.3) is 0 Å². The van der Waals surface area contributed by atoms with Gasteiger partial charge in [0.15, 0.2) is 0 Å². The largest absolute Gasteiger partial charge is 0.363 e. The van der Waals surface area contributed by atoms with Crippen LogP contribution in [-0.4, -0.2) is 27.9 Å². The van der Waals surface area contributed by atoms with Gasteiger partial charge in [0, 0.05) is 25.2 Å². The first-order chi connectivity index (χ1) is 8.58. The number of aromatic nitrogens is 2. The highest BCUT2D eigenvalue weighted by Crippen LogP contribution is 2.40. The van der Waals surface area contributed by atoms with Gasteiger partial charge in [-0.05, 0) is 41.6 Å². The highest BCUT2D eigenvalue weighted by molar-refractivity contribution is 9.10. The molecule has 3 heterocycles. The highest BCUT2D eigenvalue weighted by Gasteiger charge is 2.40. The second-order valence-electron chi connectivity index (χ2n) is 5.30. The van der Waals surface area contributed by atoms with Crippen molar-refractivity contribution in [2.45, 2.75) is 43.8 Å². The van der Waals surface area contributed by atoms with E-state index >= 15 is 0 Å². The molecular formula is C12H17BrN4O. The summed E-state index contributed by atoms with van der Waals surface area (Å²) in [5.74, 6) is 0. The summed E-state index contributed by atoms with van der Waals surface area (Å²) >= 11 is 3.42. The van der Waals surface area contributed by atoms with Crippen LogP contribution in [0.5, 0.6) is 0 Å². The van der Waals surface area contributed by atoms with Crippen LogP contribution in [0.1, 0.15) is 25.7 Å². The lowest BCUT2D eigenvalue weighted by Gasteiger charge is -2.39. The van der Waals surface area contributed by atoms with E-state index in [1.807, 2.05) is 0 Å². The molecule has 1 aromatic heterocycles. The molecule has 2 N–H and O–H groups in total. The van der Waals surface area contributed by atoms with Crippen LogP contribution in [-0.2, 0) is 7.05 Å². The Morgan fingerprint density at radius 3 is 2.61 bits per heavy atom. The molecule has 18 heavy (non-hydrogen) atoms. The van der Waals surface area contributed by atoms with Gasteiger partial charge >= 0.3 is 0 Å². The number of hydrogen-bond donors (Lipinski definition) is 1. The van der Waals surface area contributed by atoms with E-state index in [1.165, 1.54) is 17.5 Å². The maximum absolute atomic E-state index is 11.9.